The van der Waals surface area contributed by atoms with Crippen molar-refractivity contribution in [1.29, 1.82) is 0 Å². The number of carbonyl (C=O) groups excluding carboxylic acids is 1. The van der Waals surface area contributed by atoms with Crippen LogP contribution in [0.15, 0.2) is 36.4 Å². The molecule has 0 aliphatic rings. The van der Waals surface area contributed by atoms with Gasteiger partial charge in [-0.25, -0.2) is 0 Å². The molecule has 0 N–H and O–H groups in total. The van der Waals surface area contributed by atoms with Gasteiger partial charge >= 0.3 is 0 Å². The maximum Gasteiger partial charge on any atom is 0.172 e. The van der Waals surface area contributed by atoms with Crippen molar-refractivity contribution in [3.8, 4) is 29.6 Å². The summed E-state index contributed by atoms with van der Waals surface area (Å²) in [4.78, 5) is 11.2. The summed E-state index contributed by atoms with van der Waals surface area (Å²) in [7, 11) is 9.15. The molecule has 0 saturated heterocycles. The third-order valence-corrected chi connectivity index (χ3v) is 4.80. The summed E-state index contributed by atoms with van der Waals surface area (Å²) in [5.41, 5.74) is 2.67. The second-order valence-corrected chi connectivity index (χ2v) is 6.94. The van der Waals surface area contributed by atoms with E-state index in [-0.39, 0.29) is 17.3 Å². The normalized spacial score (nSPS) is 12.5. The minimum absolute atomic E-state index is 0.102. The predicted octanol–water partition coefficient (Wildman–Crippen LogP) is 4.83. The summed E-state index contributed by atoms with van der Waals surface area (Å²) in [6.45, 7) is 6.16. The molecule has 0 heterocycles. The first-order valence-electron chi connectivity index (χ1n) is 9.44. The summed E-state index contributed by atoms with van der Waals surface area (Å²) in [5.74, 6) is 4.93. The van der Waals surface area contributed by atoms with Crippen molar-refractivity contribution in [2.45, 2.75) is 45.2 Å². The minimum Gasteiger partial charge on any atom is -0.493 e. The summed E-state index contributed by atoms with van der Waals surface area (Å²) >= 11 is 0. The molecule has 2 aromatic carbocycles. The molecular formula is C23H25B2O3. The zero-order chi connectivity index (χ0) is 20.7. The first-order valence-corrected chi connectivity index (χ1v) is 9.44. The van der Waals surface area contributed by atoms with Crippen molar-refractivity contribution in [2.75, 3.05) is 7.11 Å². The Hall–Kier alpha value is -2.60. The molecule has 0 fully saturated rings. The molecule has 28 heavy (non-hydrogen) atoms. The lowest BCUT2D eigenvalue weighted by Crippen LogP contribution is -2.16. The Morgan fingerprint density at radius 2 is 1.93 bits per heavy atom. The number of benzene rings is 2. The number of hydrogen-bond donors (Lipinski definition) is 0. The molecule has 0 aliphatic heterocycles. The lowest BCUT2D eigenvalue weighted by atomic mass is 9.51. The van der Waals surface area contributed by atoms with E-state index >= 15 is 0 Å². The van der Waals surface area contributed by atoms with Gasteiger partial charge in [-0.15, -0.1) is 6.42 Å². The van der Waals surface area contributed by atoms with Gasteiger partial charge in [0.15, 0.2) is 19.3 Å². The van der Waals surface area contributed by atoms with Gasteiger partial charge in [-0.05, 0) is 60.6 Å². The fourth-order valence-corrected chi connectivity index (χ4v) is 3.35. The summed E-state index contributed by atoms with van der Waals surface area (Å²) in [6, 6.07) is 11.4. The van der Waals surface area contributed by atoms with Gasteiger partial charge in [0.1, 0.15) is 13.0 Å². The average molecular weight is 371 g/mol. The molecule has 0 aromatic heterocycles. The van der Waals surface area contributed by atoms with Crippen molar-refractivity contribution in [1.82, 2.24) is 0 Å². The number of ether oxygens (including phenoxy) is 2. The fraction of sp³-hybridized carbons (Fsp3) is 0.348. The Morgan fingerprint density at radius 1 is 1.25 bits per heavy atom. The standard InChI is InChI=1S/C23H25B2O3/c1-6-17-8-10-18(11-9-17)28-23-16(4)19(12-13-21(23)27-5)20(7-2)25-15(3)14-22(24)26/h1,8-13,15,20H,7,14H2,2-5H3/t15-,20?/m1/s1. The van der Waals surface area contributed by atoms with Gasteiger partial charge in [-0.2, -0.15) is 0 Å². The van der Waals surface area contributed by atoms with Crippen LogP contribution >= 0.6 is 0 Å². The van der Waals surface area contributed by atoms with E-state index in [0.717, 1.165) is 23.1 Å². The van der Waals surface area contributed by atoms with Crippen LogP contribution in [-0.4, -0.2) is 27.9 Å². The zero-order valence-electron chi connectivity index (χ0n) is 17.0. The molecule has 2 rings (SSSR count). The second kappa shape index (κ2) is 10.1. The molecule has 0 aliphatic carbocycles. The van der Waals surface area contributed by atoms with Crippen molar-refractivity contribution in [3.63, 3.8) is 0 Å². The van der Waals surface area contributed by atoms with Crippen LogP contribution in [0, 0.1) is 19.3 Å². The highest BCUT2D eigenvalue weighted by molar-refractivity contribution is 6.58. The molecular weight excluding hydrogens is 346 g/mol. The van der Waals surface area contributed by atoms with Gasteiger partial charge in [0.05, 0.1) is 12.8 Å². The van der Waals surface area contributed by atoms with E-state index < -0.39 is 0 Å². The first-order chi connectivity index (χ1) is 13.4. The van der Waals surface area contributed by atoms with Crippen molar-refractivity contribution >= 4 is 20.8 Å². The monoisotopic (exact) mass is 371 g/mol. The third-order valence-electron chi connectivity index (χ3n) is 4.80. The molecule has 1 unspecified atom stereocenters. The van der Waals surface area contributed by atoms with E-state index in [1.54, 1.807) is 7.11 Å². The van der Waals surface area contributed by atoms with Gasteiger partial charge in [0.25, 0.3) is 0 Å². The molecule has 0 amide bonds. The summed E-state index contributed by atoms with van der Waals surface area (Å²) in [6.07, 6.45) is 6.67. The second-order valence-electron chi connectivity index (χ2n) is 6.94. The van der Waals surface area contributed by atoms with Crippen LogP contribution in [0.5, 0.6) is 17.2 Å². The lowest BCUT2D eigenvalue weighted by Gasteiger charge is -2.23. The van der Waals surface area contributed by atoms with Crippen molar-refractivity contribution < 1.29 is 14.3 Å². The Bertz CT molecular complexity index is 853. The molecule has 0 bridgehead atoms. The maximum absolute atomic E-state index is 11.2. The van der Waals surface area contributed by atoms with Crippen LogP contribution in [0.4, 0.5) is 0 Å². The van der Waals surface area contributed by atoms with E-state index in [2.05, 4.69) is 26.2 Å². The molecule has 3 nitrogen and oxygen atoms in total. The Kier molecular flexibility index (Phi) is 7.81. The Balaban J connectivity index is 2.34. The van der Waals surface area contributed by atoms with Gasteiger partial charge in [-0.1, -0.05) is 38.1 Å². The number of hydrogen-bond acceptors (Lipinski definition) is 3. The first kappa shape index (κ1) is 21.7. The van der Waals surface area contributed by atoms with E-state index in [1.807, 2.05) is 44.2 Å². The van der Waals surface area contributed by atoms with E-state index in [0.29, 0.717) is 23.7 Å². The fourth-order valence-electron chi connectivity index (χ4n) is 3.35. The van der Waals surface area contributed by atoms with Crippen LogP contribution in [0.1, 0.15) is 49.2 Å². The number of carbonyl (C=O) groups is 1. The molecule has 5 heteroatoms. The smallest absolute Gasteiger partial charge is 0.172 e. The highest BCUT2D eigenvalue weighted by Gasteiger charge is 2.22. The topological polar surface area (TPSA) is 35.5 Å². The molecule has 141 valence electrons. The largest absolute Gasteiger partial charge is 0.493 e. The average Bonchev–Trinajstić information content (AvgIpc) is 2.68. The van der Waals surface area contributed by atoms with Gasteiger partial charge in [-0.3, -0.25) is 0 Å². The molecule has 3 radical (unpaired) electrons. The van der Waals surface area contributed by atoms with Crippen molar-refractivity contribution in [3.05, 3.63) is 53.1 Å². The lowest BCUT2D eigenvalue weighted by molar-refractivity contribution is -0.111. The van der Waals surface area contributed by atoms with Crippen LogP contribution in [0.3, 0.4) is 0 Å². The quantitative estimate of drug-likeness (QED) is 0.468. The molecule has 2 atom stereocenters. The van der Waals surface area contributed by atoms with Crippen LogP contribution in [-0.2, 0) is 4.79 Å². The highest BCUT2D eigenvalue weighted by Crippen LogP contribution is 2.40. The molecule has 0 saturated carbocycles. The Morgan fingerprint density at radius 3 is 2.46 bits per heavy atom. The van der Waals surface area contributed by atoms with Gasteiger partial charge in [0.2, 0.25) is 0 Å². The molecule has 0 spiro atoms. The summed E-state index contributed by atoms with van der Waals surface area (Å²) < 4.78 is 11.7. The van der Waals surface area contributed by atoms with Crippen LogP contribution in [0.25, 0.3) is 0 Å². The van der Waals surface area contributed by atoms with Crippen molar-refractivity contribution in [2.24, 2.45) is 0 Å². The predicted molar refractivity (Wildman–Crippen MR) is 116 cm³/mol. The minimum atomic E-state index is -0.288. The van der Waals surface area contributed by atoms with E-state index in [1.165, 1.54) is 0 Å². The number of terminal acetylenes is 1. The molecule has 2 aromatic rings. The number of methoxy groups -OCH3 is 1. The van der Waals surface area contributed by atoms with Crippen LogP contribution < -0.4 is 9.47 Å². The summed E-state index contributed by atoms with van der Waals surface area (Å²) in [5, 5.41) is 0. The third kappa shape index (κ3) is 5.45. The van der Waals surface area contributed by atoms with Gasteiger partial charge < -0.3 is 14.3 Å². The highest BCUT2D eigenvalue weighted by atomic mass is 16.5. The van der Waals surface area contributed by atoms with E-state index in [4.69, 9.17) is 23.7 Å². The number of rotatable bonds is 9. The Labute approximate surface area is 170 Å². The van der Waals surface area contributed by atoms with Crippen LogP contribution in [0.2, 0.25) is 5.82 Å². The van der Waals surface area contributed by atoms with E-state index in [9.17, 15) is 4.79 Å². The zero-order valence-corrected chi connectivity index (χ0v) is 17.0. The SMILES string of the molecule is [B]C(=O)C[C@@H](C)[B]C(CC)c1ccc(OC)c(Oc2ccc(C#C)cc2)c1C. The maximum atomic E-state index is 11.2. The van der Waals surface area contributed by atoms with Gasteiger partial charge in [0, 0.05) is 5.56 Å².